The molecule has 0 aliphatic rings. The summed E-state index contributed by atoms with van der Waals surface area (Å²) in [5.41, 5.74) is 0. The zero-order chi connectivity index (χ0) is 12.9. The van der Waals surface area contributed by atoms with E-state index in [2.05, 4.69) is 18.8 Å². The minimum absolute atomic E-state index is 0.214. The third-order valence-corrected chi connectivity index (χ3v) is 3.44. The second kappa shape index (κ2) is 5.81. The molecule has 1 aromatic heterocycles. The van der Waals surface area contributed by atoms with Crippen LogP contribution in [0.4, 0.5) is 0 Å². The van der Waals surface area contributed by atoms with Gasteiger partial charge in [0, 0.05) is 18.8 Å². The molecular weight excluding hydrogens is 242 g/mol. The van der Waals surface area contributed by atoms with Crippen molar-refractivity contribution in [2.24, 2.45) is 5.92 Å². The molecule has 96 valence electrons. The van der Waals surface area contributed by atoms with E-state index in [0.717, 1.165) is 16.7 Å². The zero-order valence-corrected chi connectivity index (χ0v) is 10.8. The summed E-state index contributed by atoms with van der Waals surface area (Å²) < 4.78 is 26.0. The molecule has 0 bridgehead atoms. The van der Waals surface area contributed by atoms with Crippen LogP contribution in [0.5, 0.6) is 0 Å². The molecular formula is C10H17N3O3S. The topological polar surface area (TPSA) is 81.1 Å². The average molecular weight is 259 g/mol. The first-order valence-electron chi connectivity index (χ1n) is 5.46. The van der Waals surface area contributed by atoms with Crippen molar-refractivity contribution in [3.8, 4) is 0 Å². The Morgan fingerprint density at radius 2 is 2.18 bits per heavy atom. The van der Waals surface area contributed by atoms with Gasteiger partial charge in [-0.1, -0.05) is 20.3 Å². The van der Waals surface area contributed by atoms with Crippen molar-refractivity contribution in [1.82, 2.24) is 13.7 Å². The van der Waals surface area contributed by atoms with Crippen LogP contribution in [0, 0.1) is 5.92 Å². The van der Waals surface area contributed by atoms with Gasteiger partial charge in [0.1, 0.15) is 6.33 Å². The van der Waals surface area contributed by atoms with Crippen molar-refractivity contribution in [2.75, 3.05) is 0 Å². The molecule has 0 aromatic carbocycles. The smallest absolute Gasteiger partial charge is 0.274 e. The van der Waals surface area contributed by atoms with Gasteiger partial charge in [-0.05, 0) is 12.3 Å². The van der Waals surface area contributed by atoms with Crippen LogP contribution in [0.3, 0.4) is 0 Å². The highest BCUT2D eigenvalue weighted by atomic mass is 32.2. The highest BCUT2D eigenvalue weighted by Crippen LogP contribution is 2.06. The monoisotopic (exact) mass is 259 g/mol. The van der Waals surface area contributed by atoms with Crippen LogP contribution in [0.25, 0.3) is 0 Å². The zero-order valence-electron chi connectivity index (χ0n) is 9.96. The van der Waals surface area contributed by atoms with Gasteiger partial charge in [0.05, 0.1) is 0 Å². The Hall–Kier alpha value is -1.37. The van der Waals surface area contributed by atoms with Crippen molar-refractivity contribution in [2.45, 2.75) is 33.1 Å². The van der Waals surface area contributed by atoms with E-state index in [0.29, 0.717) is 12.3 Å². The predicted octanol–water partition coefficient (Wildman–Crippen LogP) is 0.918. The first kappa shape index (κ1) is 13.7. The number of aromatic nitrogens is 2. The van der Waals surface area contributed by atoms with Crippen molar-refractivity contribution >= 4 is 16.1 Å². The quantitative estimate of drug-likeness (QED) is 0.823. The fourth-order valence-corrected chi connectivity index (χ4v) is 2.20. The first-order valence-corrected chi connectivity index (χ1v) is 6.90. The minimum atomic E-state index is -3.81. The largest absolute Gasteiger partial charge is 0.330 e. The van der Waals surface area contributed by atoms with Crippen LogP contribution in [-0.2, 0) is 15.0 Å². The summed E-state index contributed by atoms with van der Waals surface area (Å²) in [6, 6.07) is 0. The van der Waals surface area contributed by atoms with Gasteiger partial charge in [0.2, 0.25) is 5.91 Å². The molecule has 0 saturated heterocycles. The number of rotatable bonds is 6. The molecule has 1 heterocycles. The molecule has 0 fully saturated rings. The Morgan fingerprint density at radius 3 is 2.71 bits per heavy atom. The van der Waals surface area contributed by atoms with E-state index in [1.165, 1.54) is 12.4 Å². The van der Waals surface area contributed by atoms with E-state index in [1.807, 2.05) is 4.72 Å². The Kier molecular flexibility index (Phi) is 4.68. The SMILES string of the molecule is CC(C)CCCC(=O)NS(=O)(=O)n1ccnc1. The molecule has 1 rings (SSSR count). The number of carbonyl (C=O) groups excluding carboxylic acids is 1. The summed E-state index contributed by atoms with van der Waals surface area (Å²) in [5.74, 6) is 0.0207. The van der Waals surface area contributed by atoms with Crippen molar-refractivity contribution < 1.29 is 13.2 Å². The summed E-state index contributed by atoms with van der Waals surface area (Å²) in [7, 11) is -3.81. The van der Waals surface area contributed by atoms with Crippen molar-refractivity contribution in [3.05, 3.63) is 18.7 Å². The maximum Gasteiger partial charge on any atom is 0.330 e. The summed E-state index contributed by atoms with van der Waals surface area (Å²) in [5, 5.41) is 0. The number of imidazole rings is 1. The number of nitrogens with one attached hydrogen (secondary N) is 1. The van der Waals surface area contributed by atoms with Gasteiger partial charge in [-0.15, -0.1) is 0 Å². The summed E-state index contributed by atoms with van der Waals surface area (Å²) >= 11 is 0. The molecule has 0 aliphatic heterocycles. The molecule has 1 amide bonds. The van der Waals surface area contributed by atoms with E-state index in [4.69, 9.17) is 0 Å². The Bertz CT molecular complexity index is 451. The van der Waals surface area contributed by atoms with Crippen LogP contribution in [0.2, 0.25) is 0 Å². The maximum atomic E-state index is 11.6. The van der Waals surface area contributed by atoms with E-state index < -0.39 is 16.1 Å². The second-order valence-electron chi connectivity index (χ2n) is 4.21. The third kappa shape index (κ3) is 4.56. The molecule has 0 radical (unpaired) electrons. The highest BCUT2D eigenvalue weighted by molar-refractivity contribution is 7.88. The lowest BCUT2D eigenvalue weighted by Crippen LogP contribution is -2.34. The highest BCUT2D eigenvalue weighted by Gasteiger charge is 2.15. The Balaban J connectivity index is 2.46. The van der Waals surface area contributed by atoms with Crippen molar-refractivity contribution in [3.63, 3.8) is 0 Å². The lowest BCUT2D eigenvalue weighted by atomic mass is 10.1. The van der Waals surface area contributed by atoms with E-state index in [-0.39, 0.29) is 6.42 Å². The summed E-state index contributed by atoms with van der Waals surface area (Å²) in [6.45, 7) is 4.11. The van der Waals surface area contributed by atoms with Crippen LogP contribution >= 0.6 is 0 Å². The third-order valence-electron chi connectivity index (χ3n) is 2.19. The number of amides is 1. The molecule has 6 nitrogen and oxygen atoms in total. The van der Waals surface area contributed by atoms with E-state index in [9.17, 15) is 13.2 Å². The van der Waals surface area contributed by atoms with E-state index >= 15 is 0 Å². The van der Waals surface area contributed by atoms with Crippen LogP contribution < -0.4 is 4.72 Å². The van der Waals surface area contributed by atoms with Crippen LogP contribution in [0.1, 0.15) is 33.1 Å². The lowest BCUT2D eigenvalue weighted by molar-refractivity contribution is -0.119. The first-order chi connectivity index (χ1) is 7.92. The fraction of sp³-hybridized carbons (Fsp3) is 0.600. The van der Waals surface area contributed by atoms with Gasteiger partial charge in [0.25, 0.3) is 0 Å². The van der Waals surface area contributed by atoms with Gasteiger partial charge < -0.3 is 0 Å². The second-order valence-corrected chi connectivity index (χ2v) is 5.78. The normalized spacial score (nSPS) is 11.7. The maximum absolute atomic E-state index is 11.6. The molecule has 0 atom stereocenters. The standard InChI is InChI=1S/C10H17N3O3S/c1-9(2)4-3-5-10(14)12-17(15,16)13-7-6-11-8-13/h6-9H,3-5H2,1-2H3,(H,12,14). The molecule has 0 spiro atoms. The van der Waals surface area contributed by atoms with Crippen LogP contribution in [-0.4, -0.2) is 23.3 Å². The van der Waals surface area contributed by atoms with Gasteiger partial charge in [0.15, 0.2) is 0 Å². The number of carbonyl (C=O) groups is 1. The Morgan fingerprint density at radius 1 is 1.47 bits per heavy atom. The van der Waals surface area contributed by atoms with Crippen LogP contribution in [0.15, 0.2) is 18.7 Å². The molecule has 1 aromatic rings. The van der Waals surface area contributed by atoms with Gasteiger partial charge >= 0.3 is 10.2 Å². The molecule has 17 heavy (non-hydrogen) atoms. The fourth-order valence-electron chi connectivity index (χ4n) is 1.31. The van der Waals surface area contributed by atoms with E-state index in [1.54, 1.807) is 0 Å². The van der Waals surface area contributed by atoms with Gasteiger partial charge in [-0.25, -0.2) is 13.7 Å². The molecule has 0 unspecified atom stereocenters. The Labute approximate surface area is 101 Å². The molecule has 0 saturated carbocycles. The molecule has 0 aliphatic carbocycles. The van der Waals surface area contributed by atoms with Crippen molar-refractivity contribution in [1.29, 1.82) is 0 Å². The van der Waals surface area contributed by atoms with Gasteiger partial charge in [-0.2, -0.15) is 8.42 Å². The molecule has 1 N–H and O–H groups in total. The average Bonchev–Trinajstić information content (AvgIpc) is 2.68. The predicted molar refractivity (Wildman–Crippen MR) is 63.4 cm³/mol. The number of hydrogen-bond acceptors (Lipinski definition) is 4. The summed E-state index contributed by atoms with van der Waals surface area (Å²) in [6.07, 6.45) is 5.53. The lowest BCUT2D eigenvalue weighted by Gasteiger charge is -2.07. The molecule has 7 heteroatoms. The van der Waals surface area contributed by atoms with Gasteiger partial charge in [-0.3, -0.25) is 4.79 Å². The minimum Gasteiger partial charge on any atom is -0.274 e. The number of nitrogens with zero attached hydrogens (tertiary/aromatic N) is 2. The number of hydrogen-bond donors (Lipinski definition) is 1. The summed E-state index contributed by atoms with van der Waals surface area (Å²) in [4.78, 5) is 15.0.